The van der Waals surface area contributed by atoms with Gasteiger partial charge in [0.15, 0.2) is 11.6 Å². The molecule has 1 atom stereocenters. The van der Waals surface area contributed by atoms with E-state index in [-0.39, 0.29) is 52.9 Å². The van der Waals surface area contributed by atoms with E-state index in [9.17, 15) is 39.9 Å². The summed E-state index contributed by atoms with van der Waals surface area (Å²) in [6.45, 7) is -0.227. The molecule has 0 radical (unpaired) electrons. The molecule has 5 rings (SSSR count). The fraction of sp³-hybridized carbons (Fsp3) is 0.485. The number of rotatable bonds is 8. The number of guanidine groups is 1. The van der Waals surface area contributed by atoms with Gasteiger partial charge in [0.05, 0.1) is 16.6 Å². The van der Waals surface area contributed by atoms with Crippen molar-refractivity contribution in [3.05, 3.63) is 70.3 Å². The third kappa shape index (κ3) is 8.51. The van der Waals surface area contributed by atoms with Gasteiger partial charge in [0.25, 0.3) is 0 Å². The molecule has 49 heavy (non-hydrogen) atoms. The number of anilines is 1. The summed E-state index contributed by atoms with van der Waals surface area (Å²) in [4.78, 5) is 19.5. The third-order valence-electron chi connectivity index (χ3n) is 9.25. The molecule has 1 aromatic heterocycles. The molecule has 0 spiro atoms. The quantitative estimate of drug-likeness (QED) is 0.0655. The summed E-state index contributed by atoms with van der Waals surface area (Å²) in [5, 5.41) is 5.02. The van der Waals surface area contributed by atoms with Crippen LogP contribution < -0.4 is 16.5 Å². The number of halogens is 8. The number of hydrogen-bond acceptors (Lipinski definition) is 6. The molecule has 1 aliphatic carbocycles. The maximum Gasteiger partial charge on any atom is 0.416 e. The second-order valence-electron chi connectivity index (χ2n) is 12.8. The van der Waals surface area contributed by atoms with Crippen molar-refractivity contribution in [2.75, 3.05) is 18.5 Å². The molecule has 0 unspecified atom stereocenters. The molecule has 2 fully saturated rings. The molecule has 0 bridgehead atoms. The summed E-state index contributed by atoms with van der Waals surface area (Å²) in [6, 6.07) is 4.75. The highest BCUT2D eigenvalue weighted by Crippen LogP contribution is 2.40. The van der Waals surface area contributed by atoms with E-state index in [1.54, 1.807) is 6.07 Å². The summed E-state index contributed by atoms with van der Waals surface area (Å²) in [5.41, 5.74) is 3.49. The molecule has 1 saturated carbocycles. The maximum absolute atomic E-state index is 14.4. The Bertz CT molecular complexity index is 1650. The Hall–Kier alpha value is -4.21. The number of nitrogens with two attached hydrogens (primary N) is 2. The zero-order valence-electron chi connectivity index (χ0n) is 26.7. The molecule has 16 heteroatoms. The lowest BCUT2D eigenvalue weighted by molar-refractivity contribution is -0.143. The Morgan fingerprint density at radius 2 is 1.55 bits per heavy atom. The fourth-order valence-corrected chi connectivity index (χ4v) is 6.92. The van der Waals surface area contributed by atoms with Crippen molar-refractivity contribution in [2.45, 2.75) is 76.4 Å². The topological polar surface area (TPSA) is 104 Å². The van der Waals surface area contributed by atoms with Crippen LogP contribution in [0.4, 0.5) is 40.9 Å². The number of nitrogens with zero attached hydrogens (tertiary/aromatic N) is 5. The summed E-state index contributed by atoms with van der Waals surface area (Å²) in [5.74, 6) is 3.73. The number of carbonyl (C=O) groups is 1. The first-order chi connectivity index (χ1) is 23.0. The van der Waals surface area contributed by atoms with E-state index in [0.717, 1.165) is 68.5 Å². The molecule has 2 aromatic carbocycles. The zero-order chi connectivity index (χ0) is 35.7. The Kier molecular flexibility index (Phi) is 10.6. The molecule has 0 amide bonds. The summed E-state index contributed by atoms with van der Waals surface area (Å²) >= 11 is 0. The van der Waals surface area contributed by atoms with Gasteiger partial charge in [-0.15, -0.1) is 5.10 Å². The number of fused-ring (bicyclic) bond motifs is 1. The maximum atomic E-state index is 14.4. The van der Waals surface area contributed by atoms with Gasteiger partial charge >= 0.3 is 12.4 Å². The molecule has 1 aliphatic heterocycles. The second-order valence-corrected chi connectivity index (χ2v) is 12.8. The van der Waals surface area contributed by atoms with Gasteiger partial charge in [0.2, 0.25) is 5.96 Å². The van der Waals surface area contributed by atoms with Crippen LogP contribution in [0.5, 0.6) is 0 Å². The normalized spacial score (nSPS) is 20.8. The largest absolute Gasteiger partial charge is 0.416 e. The minimum atomic E-state index is -5.07. The second kappa shape index (κ2) is 14.3. The van der Waals surface area contributed by atoms with Gasteiger partial charge in [-0.3, -0.25) is 0 Å². The first-order valence-electron chi connectivity index (χ1n) is 15.9. The van der Waals surface area contributed by atoms with E-state index in [2.05, 4.69) is 10.0 Å². The van der Waals surface area contributed by atoms with Crippen LogP contribution in [0, 0.1) is 23.5 Å². The van der Waals surface area contributed by atoms with Crippen molar-refractivity contribution >= 4 is 29.0 Å². The highest BCUT2D eigenvalue weighted by atomic mass is 19.4. The van der Waals surface area contributed by atoms with E-state index in [4.69, 9.17) is 16.6 Å². The van der Waals surface area contributed by atoms with Crippen molar-refractivity contribution in [1.29, 1.82) is 0 Å². The SMILES string of the molecule is CN(N)/N=C(\N)N(Cc1cc(C(F)(F)F)cc(C(F)(F)F)c1)Cc1cc2cc(F)c(F)cc2nc1N1CCCC[C@H]1C1CCC(C=O)CC1. The van der Waals surface area contributed by atoms with Crippen molar-refractivity contribution in [3.63, 3.8) is 0 Å². The molecule has 3 aromatic rings. The number of hydrogen-bond donors (Lipinski definition) is 2. The number of hydrazine groups is 1. The van der Waals surface area contributed by atoms with Crippen molar-refractivity contribution in [2.24, 2.45) is 28.5 Å². The Labute approximate surface area is 277 Å². The number of pyridine rings is 1. The number of carbonyl (C=O) groups excluding carboxylic acids is 1. The Morgan fingerprint density at radius 3 is 2.14 bits per heavy atom. The van der Waals surface area contributed by atoms with Gasteiger partial charge in [-0.05, 0) is 86.8 Å². The minimum Gasteiger partial charge on any atom is -0.368 e. The predicted octanol–water partition coefficient (Wildman–Crippen LogP) is 6.95. The van der Waals surface area contributed by atoms with Crippen LogP contribution in [0.25, 0.3) is 10.9 Å². The molecule has 1 saturated heterocycles. The average Bonchev–Trinajstić information content (AvgIpc) is 3.03. The molecule has 2 heterocycles. The molecular formula is C33H37F8N7O. The fourth-order valence-electron chi connectivity index (χ4n) is 6.92. The Balaban J connectivity index is 1.61. The zero-order valence-corrected chi connectivity index (χ0v) is 26.7. The number of hydrazone groups is 1. The van der Waals surface area contributed by atoms with Crippen molar-refractivity contribution in [3.8, 4) is 0 Å². The molecule has 2 aliphatic rings. The van der Waals surface area contributed by atoms with E-state index >= 15 is 0 Å². The van der Waals surface area contributed by atoms with Gasteiger partial charge in [-0.25, -0.2) is 24.7 Å². The highest BCUT2D eigenvalue weighted by Gasteiger charge is 2.38. The summed E-state index contributed by atoms with van der Waals surface area (Å²) < 4.78 is 111. The van der Waals surface area contributed by atoms with Crippen LogP contribution in [0.15, 0.2) is 41.5 Å². The highest BCUT2D eigenvalue weighted by molar-refractivity contribution is 5.83. The van der Waals surface area contributed by atoms with Crippen LogP contribution in [0.1, 0.15) is 67.2 Å². The Morgan fingerprint density at radius 1 is 0.918 bits per heavy atom. The van der Waals surface area contributed by atoms with E-state index in [1.807, 2.05) is 0 Å². The summed E-state index contributed by atoms with van der Waals surface area (Å²) in [7, 11) is 1.33. The van der Waals surface area contributed by atoms with Crippen LogP contribution in [0.2, 0.25) is 0 Å². The van der Waals surface area contributed by atoms with Gasteiger partial charge in [-0.1, -0.05) is 0 Å². The minimum absolute atomic E-state index is 0.00859. The van der Waals surface area contributed by atoms with Gasteiger partial charge < -0.3 is 20.3 Å². The predicted molar refractivity (Wildman–Crippen MR) is 167 cm³/mol. The van der Waals surface area contributed by atoms with Crippen LogP contribution in [-0.2, 0) is 30.2 Å². The van der Waals surface area contributed by atoms with E-state index < -0.39 is 41.7 Å². The monoisotopic (exact) mass is 699 g/mol. The number of alkyl halides is 6. The first kappa shape index (κ1) is 36.1. The standard InChI is InChI=1S/C33H37F8N7O/c1-46(43)45-31(42)47(16-20-10-24(32(36,37)38)14-25(11-20)33(39,40)41)17-23-12-22-13-26(34)27(35)15-28(22)44-30(23)48-9-3-2-4-29(48)21-7-5-19(18-49)6-8-21/h10-15,18-19,21,29H,2-9,16-17,43H2,1H3,(H2,42,45)/t19?,21?,29-/m0/s1. The van der Waals surface area contributed by atoms with Crippen LogP contribution in [-0.4, -0.2) is 46.9 Å². The first-order valence-corrected chi connectivity index (χ1v) is 15.9. The molecule has 8 nitrogen and oxygen atoms in total. The molecular weight excluding hydrogens is 662 g/mol. The molecule has 4 N–H and O–H groups in total. The molecule has 266 valence electrons. The lowest BCUT2D eigenvalue weighted by Crippen LogP contribution is -2.46. The van der Waals surface area contributed by atoms with E-state index in [0.29, 0.717) is 30.1 Å². The number of aromatic nitrogens is 1. The van der Waals surface area contributed by atoms with Crippen molar-refractivity contribution < 1.29 is 39.9 Å². The van der Waals surface area contributed by atoms with E-state index in [1.165, 1.54) is 11.9 Å². The third-order valence-corrected chi connectivity index (χ3v) is 9.25. The van der Waals surface area contributed by atoms with Gasteiger partial charge in [0.1, 0.15) is 12.1 Å². The van der Waals surface area contributed by atoms with Crippen LogP contribution >= 0.6 is 0 Å². The average molecular weight is 700 g/mol. The summed E-state index contributed by atoms with van der Waals surface area (Å²) in [6.07, 6.45) is -3.53. The number of piperidine rings is 1. The van der Waals surface area contributed by atoms with Crippen LogP contribution in [0.3, 0.4) is 0 Å². The van der Waals surface area contributed by atoms with Crippen molar-refractivity contribution in [1.82, 2.24) is 15.0 Å². The lowest BCUT2D eigenvalue weighted by Gasteiger charge is -2.44. The van der Waals surface area contributed by atoms with Gasteiger partial charge in [-0.2, -0.15) is 26.3 Å². The lowest BCUT2D eigenvalue weighted by atomic mass is 9.76. The number of benzene rings is 2. The van der Waals surface area contributed by atoms with Gasteiger partial charge in [0, 0.05) is 55.7 Å². The number of aldehydes is 1. The smallest absolute Gasteiger partial charge is 0.368 e.